The normalized spacial score (nSPS) is 12.2. The lowest BCUT2D eigenvalue weighted by Crippen LogP contribution is -2.26. The van der Waals surface area contributed by atoms with Crippen molar-refractivity contribution in [3.8, 4) is 0 Å². The van der Waals surface area contributed by atoms with E-state index in [0.29, 0.717) is 16.6 Å². The third-order valence-corrected chi connectivity index (χ3v) is 2.79. The molecule has 0 aliphatic rings. The van der Waals surface area contributed by atoms with Crippen LogP contribution in [0.25, 0.3) is 0 Å². The number of rotatable bonds is 5. The van der Waals surface area contributed by atoms with Gasteiger partial charge in [0.1, 0.15) is 6.61 Å². The molecule has 1 aromatic carbocycles. The number of carbonyl (C=O) groups is 1. The molecule has 4 nitrogen and oxygen atoms in total. The van der Waals surface area contributed by atoms with E-state index in [1.54, 1.807) is 12.1 Å². The molecule has 1 unspecified atom stereocenters. The number of nitrogens with one attached hydrogen (secondary N) is 1. The SMILES string of the molecule is CC(NCCOC(N)=O)c1ccc(Cl)cc1Cl. The highest BCUT2D eigenvalue weighted by Crippen LogP contribution is 2.25. The lowest BCUT2D eigenvalue weighted by Gasteiger charge is -2.15. The third kappa shape index (κ3) is 4.81. The van der Waals surface area contributed by atoms with Crippen LogP contribution in [0.2, 0.25) is 10.0 Å². The van der Waals surface area contributed by atoms with Crippen LogP contribution in [-0.2, 0) is 4.74 Å². The number of halogens is 2. The Morgan fingerprint density at radius 3 is 2.82 bits per heavy atom. The fourth-order valence-corrected chi connectivity index (χ4v) is 1.96. The van der Waals surface area contributed by atoms with Crippen LogP contribution < -0.4 is 11.1 Å². The van der Waals surface area contributed by atoms with Crippen molar-refractivity contribution in [3.63, 3.8) is 0 Å². The first kappa shape index (κ1) is 14.1. The number of hydrogen-bond acceptors (Lipinski definition) is 3. The Morgan fingerprint density at radius 1 is 1.53 bits per heavy atom. The van der Waals surface area contributed by atoms with E-state index in [-0.39, 0.29) is 12.6 Å². The number of carbonyl (C=O) groups excluding carboxylic acids is 1. The molecule has 1 rings (SSSR count). The maximum atomic E-state index is 10.3. The summed E-state index contributed by atoms with van der Waals surface area (Å²) < 4.78 is 4.60. The van der Waals surface area contributed by atoms with Gasteiger partial charge in [-0.3, -0.25) is 0 Å². The highest BCUT2D eigenvalue weighted by Gasteiger charge is 2.09. The van der Waals surface area contributed by atoms with Crippen LogP contribution in [0.1, 0.15) is 18.5 Å². The number of nitrogens with two attached hydrogens (primary N) is 1. The van der Waals surface area contributed by atoms with Crippen molar-refractivity contribution in [2.75, 3.05) is 13.2 Å². The summed E-state index contributed by atoms with van der Waals surface area (Å²) >= 11 is 11.9. The fraction of sp³-hybridized carbons (Fsp3) is 0.364. The maximum Gasteiger partial charge on any atom is 0.404 e. The van der Waals surface area contributed by atoms with Gasteiger partial charge in [0.25, 0.3) is 0 Å². The van der Waals surface area contributed by atoms with Crippen molar-refractivity contribution in [1.82, 2.24) is 5.32 Å². The van der Waals surface area contributed by atoms with Crippen LogP contribution in [0.3, 0.4) is 0 Å². The second kappa shape index (κ2) is 6.69. The first-order valence-corrected chi connectivity index (χ1v) is 5.87. The summed E-state index contributed by atoms with van der Waals surface area (Å²) in [6.45, 7) is 2.69. The van der Waals surface area contributed by atoms with E-state index in [0.717, 1.165) is 5.56 Å². The number of hydrogen-bond donors (Lipinski definition) is 2. The minimum atomic E-state index is -0.774. The van der Waals surface area contributed by atoms with Gasteiger partial charge in [-0.25, -0.2) is 4.79 Å². The van der Waals surface area contributed by atoms with E-state index in [1.807, 2.05) is 13.0 Å². The highest BCUT2D eigenvalue weighted by molar-refractivity contribution is 6.35. The van der Waals surface area contributed by atoms with E-state index in [2.05, 4.69) is 10.1 Å². The molecule has 0 aromatic heterocycles. The molecule has 0 saturated heterocycles. The zero-order chi connectivity index (χ0) is 12.8. The summed E-state index contributed by atoms with van der Waals surface area (Å²) in [5, 5.41) is 4.36. The van der Waals surface area contributed by atoms with Gasteiger partial charge in [-0.15, -0.1) is 0 Å². The average molecular weight is 277 g/mol. The molecule has 0 aliphatic heterocycles. The van der Waals surface area contributed by atoms with Gasteiger partial charge in [0, 0.05) is 22.6 Å². The van der Waals surface area contributed by atoms with Crippen molar-refractivity contribution in [1.29, 1.82) is 0 Å². The summed E-state index contributed by atoms with van der Waals surface area (Å²) in [6, 6.07) is 5.37. The topological polar surface area (TPSA) is 64.3 Å². The minimum absolute atomic E-state index is 0.0382. The first-order valence-electron chi connectivity index (χ1n) is 5.11. The van der Waals surface area contributed by atoms with Gasteiger partial charge in [-0.2, -0.15) is 0 Å². The molecule has 1 aromatic rings. The summed E-state index contributed by atoms with van der Waals surface area (Å²) in [4.78, 5) is 10.3. The molecule has 17 heavy (non-hydrogen) atoms. The Bertz CT molecular complexity index is 399. The van der Waals surface area contributed by atoms with Gasteiger partial charge >= 0.3 is 6.09 Å². The number of ether oxygens (including phenoxy) is 1. The van der Waals surface area contributed by atoms with Crippen molar-refractivity contribution in [2.45, 2.75) is 13.0 Å². The molecule has 6 heteroatoms. The predicted molar refractivity (Wildman–Crippen MR) is 68.4 cm³/mol. The van der Waals surface area contributed by atoms with Crippen LogP contribution in [-0.4, -0.2) is 19.2 Å². The first-order chi connectivity index (χ1) is 8.00. The number of benzene rings is 1. The van der Waals surface area contributed by atoms with E-state index in [4.69, 9.17) is 28.9 Å². The average Bonchev–Trinajstić information content (AvgIpc) is 2.23. The fourth-order valence-electron chi connectivity index (χ4n) is 1.39. The molecule has 0 bridgehead atoms. The molecule has 1 amide bonds. The zero-order valence-electron chi connectivity index (χ0n) is 9.37. The van der Waals surface area contributed by atoms with Crippen LogP contribution in [0.5, 0.6) is 0 Å². The van der Waals surface area contributed by atoms with Gasteiger partial charge in [0.15, 0.2) is 0 Å². The standard InChI is InChI=1S/C11H14Cl2N2O2/c1-7(15-4-5-17-11(14)16)9-3-2-8(12)6-10(9)13/h2-3,6-7,15H,4-5H2,1H3,(H2,14,16). The molecule has 0 heterocycles. The van der Waals surface area contributed by atoms with Crippen LogP contribution in [0.15, 0.2) is 18.2 Å². The van der Waals surface area contributed by atoms with E-state index >= 15 is 0 Å². The quantitative estimate of drug-likeness (QED) is 0.813. The lowest BCUT2D eigenvalue weighted by atomic mass is 10.1. The lowest BCUT2D eigenvalue weighted by molar-refractivity contribution is 0.156. The molecule has 3 N–H and O–H groups in total. The molecule has 0 radical (unpaired) electrons. The molecule has 94 valence electrons. The second-order valence-corrected chi connectivity index (χ2v) is 4.35. The van der Waals surface area contributed by atoms with Gasteiger partial charge in [0.05, 0.1) is 0 Å². The van der Waals surface area contributed by atoms with Crippen molar-refractivity contribution in [3.05, 3.63) is 33.8 Å². The van der Waals surface area contributed by atoms with Gasteiger partial charge in [0.2, 0.25) is 0 Å². The monoisotopic (exact) mass is 276 g/mol. The van der Waals surface area contributed by atoms with E-state index in [1.165, 1.54) is 0 Å². The van der Waals surface area contributed by atoms with Crippen LogP contribution in [0.4, 0.5) is 4.79 Å². The highest BCUT2D eigenvalue weighted by atomic mass is 35.5. The summed E-state index contributed by atoms with van der Waals surface area (Å²) in [7, 11) is 0. The second-order valence-electron chi connectivity index (χ2n) is 3.51. The number of amides is 1. The Kier molecular flexibility index (Phi) is 5.55. The van der Waals surface area contributed by atoms with Crippen molar-refractivity contribution >= 4 is 29.3 Å². The van der Waals surface area contributed by atoms with Crippen molar-refractivity contribution in [2.24, 2.45) is 5.73 Å². The summed E-state index contributed by atoms with van der Waals surface area (Å²) in [6.07, 6.45) is -0.774. The Balaban J connectivity index is 2.46. The van der Waals surface area contributed by atoms with E-state index in [9.17, 15) is 4.79 Å². The number of primary amides is 1. The Labute approximate surface area is 110 Å². The Hall–Kier alpha value is -0.970. The van der Waals surface area contributed by atoms with Crippen LogP contribution >= 0.6 is 23.2 Å². The largest absolute Gasteiger partial charge is 0.448 e. The van der Waals surface area contributed by atoms with Gasteiger partial charge in [-0.05, 0) is 24.6 Å². The summed E-state index contributed by atoms with van der Waals surface area (Å²) in [5.74, 6) is 0. The Morgan fingerprint density at radius 2 is 2.24 bits per heavy atom. The smallest absolute Gasteiger partial charge is 0.404 e. The molecule has 1 atom stereocenters. The van der Waals surface area contributed by atoms with Gasteiger partial charge < -0.3 is 15.8 Å². The molecule has 0 fully saturated rings. The molecule has 0 aliphatic carbocycles. The minimum Gasteiger partial charge on any atom is -0.448 e. The zero-order valence-corrected chi connectivity index (χ0v) is 10.9. The molecule has 0 saturated carbocycles. The van der Waals surface area contributed by atoms with Crippen LogP contribution in [0, 0.1) is 0 Å². The predicted octanol–water partition coefficient (Wildman–Crippen LogP) is 2.74. The molecular formula is C11H14Cl2N2O2. The summed E-state index contributed by atoms with van der Waals surface area (Å²) in [5.41, 5.74) is 5.78. The maximum absolute atomic E-state index is 10.3. The van der Waals surface area contributed by atoms with Gasteiger partial charge in [-0.1, -0.05) is 29.3 Å². The van der Waals surface area contributed by atoms with Crippen molar-refractivity contribution < 1.29 is 9.53 Å². The third-order valence-electron chi connectivity index (χ3n) is 2.23. The molecule has 0 spiro atoms. The van der Waals surface area contributed by atoms with E-state index < -0.39 is 6.09 Å². The molecular weight excluding hydrogens is 263 g/mol.